The zero-order valence-electron chi connectivity index (χ0n) is 77.1. The van der Waals surface area contributed by atoms with Crippen LogP contribution in [0.3, 0.4) is 0 Å². The number of unbranched alkanes of at least 4 members (excludes halogenated alkanes) is 24. The van der Waals surface area contributed by atoms with Crippen LogP contribution in [0.25, 0.3) is 16.7 Å². The van der Waals surface area contributed by atoms with Crippen LogP contribution >= 0.6 is 0 Å². The minimum Gasteiger partial charge on any atom is -0.494 e. The predicted octanol–water partition coefficient (Wildman–Crippen LogP) is 29.4. The van der Waals surface area contributed by atoms with E-state index in [1.807, 2.05) is 109 Å². The van der Waals surface area contributed by atoms with Crippen molar-refractivity contribution in [2.75, 3.05) is 26.4 Å². The van der Waals surface area contributed by atoms with Crippen molar-refractivity contribution < 1.29 is 71.4 Å². The second-order valence-corrected chi connectivity index (χ2v) is 36.2. The van der Waals surface area contributed by atoms with Crippen LogP contribution in [0.1, 0.15) is 387 Å². The molecule has 0 saturated heterocycles. The molecule has 686 valence electrons. The minimum absolute atomic E-state index is 0.0430. The Morgan fingerprint density at radius 1 is 0.278 bits per heavy atom. The maximum absolute atomic E-state index is 13.2. The summed E-state index contributed by atoms with van der Waals surface area (Å²) in [5.74, 6) is 5.40. The average molecular weight is 1730 g/mol. The lowest BCUT2D eigenvalue weighted by Gasteiger charge is -2.29. The first-order chi connectivity index (χ1) is 61.6. The molecule has 0 amide bonds. The van der Waals surface area contributed by atoms with Crippen molar-refractivity contribution in [3.8, 4) is 34.5 Å². The second kappa shape index (κ2) is 59.0. The molecule has 3 fully saturated rings. The van der Waals surface area contributed by atoms with Gasteiger partial charge in [0, 0.05) is 19.3 Å². The summed E-state index contributed by atoms with van der Waals surface area (Å²) in [7, 11) is 0. The van der Waals surface area contributed by atoms with Crippen molar-refractivity contribution in [2.45, 2.75) is 359 Å². The van der Waals surface area contributed by atoms with E-state index < -0.39 is 36.1 Å². The van der Waals surface area contributed by atoms with E-state index in [-0.39, 0.29) is 38.3 Å². The molecule has 0 bridgehead atoms. The van der Waals surface area contributed by atoms with Crippen LogP contribution < -0.4 is 28.4 Å². The summed E-state index contributed by atoms with van der Waals surface area (Å²) in [5.41, 5.74) is 6.90. The average Bonchev–Trinajstić information content (AvgIpc) is 0.846. The number of ether oxygens (including phenoxy) is 9. The smallest absolute Gasteiger partial charge is 0.343 e. The predicted molar refractivity (Wildman–Crippen MR) is 508 cm³/mol. The van der Waals surface area contributed by atoms with Crippen molar-refractivity contribution in [1.82, 2.24) is 0 Å². The highest BCUT2D eigenvalue weighted by molar-refractivity contribution is 6.17. The Kier molecular flexibility index (Phi) is 47.1. The summed E-state index contributed by atoms with van der Waals surface area (Å²) in [6.45, 7) is 20.6. The van der Waals surface area contributed by atoms with Gasteiger partial charge in [0.2, 0.25) is 0 Å². The van der Waals surface area contributed by atoms with Gasteiger partial charge in [0.15, 0.2) is 0 Å². The van der Waals surface area contributed by atoms with Gasteiger partial charge in [-0.3, -0.25) is 14.4 Å². The molecule has 3 saturated carbocycles. The van der Waals surface area contributed by atoms with Crippen LogP contribution in [0.5, 0.6) is 34.5 Å². The van der Waals surface area contributed by atoms with Gasteiger partial charge in [0.25, 0.3) is 6.29 Å². The molecule has 6 aromatic carbocycles. The van der Waals surface area contributed by atoms with Gasteiger partial charge in [-0.15, -0.1) is 0 Å². The normalized spacial score (nSPS) is 17.1. The third-order valence-corrected chi connectivity index (χ3v) is 26.2. The van der Waals surface area contributed by atoms with Gasteiger partial charge in [0.05, 0.1) is 49.6 Å². The quantitative estimate of drug-likeness (QED) is 0.0115. The first-order valence-electron chi connectivity index (χ1n) is 49.4. The molecule has 0 aliphatic heterocycles. The fraction of sp³-hybridized carbons (Fsp3) is 0.568. The zero-order valence-corrected chi connectivity index (χ0v) is 77.1. The Hall–Kier alpha value is -9.24. The molecule has 3 aliphatic carbocycles. The molecule has 15 heteroatoms. The molecule has 0 atom stereocenters. The number of hydrogen-bond acceptors (Lipinski definition) is 15. The molecule has 9 rings (SSSR count). The van der Waals surface area contributed by atoms with Crippen molar-refractivity contribution in [1.29, 1.82) is 0 Å². The Labute approximate surface area is 756 Å². The van der Waals surface area contributed by atoms with Gasteiger partial charge in [-0.25, -0.2) is 14.4 Å². The number of hydrogen-bond donors (Lipinski definition) is 0. The van der Waals surface area contributed by atoms with Gasteiger partial charge in [-0.05, 0) is 257 Å². The summed E-state index contributed by atoms with van der Waals surface area (Å²) in [6.07, 6.45) is 50.1. The lowest BCUT2D eigenvalue weighted by atomic mass is 9.77. The Morgan fingerprint density at radius 2 is 0.524 bits per heavy atom. The molecule has 0 spiro atoms. The highest BCUT2D eigenvalue weighted by Crippen LogP contribution is 2.42. The molecule has 0 radical (unpaired) electrons. The molecular weight excluding hydrogens is 1570 g/mol. The largest absolute Gasteiger partial charge is 0.494 e. The van der Waals surface area contributed by atoms with Crippen LogP contribution in [0, 0.1) is 17.8 Å². The number of rotatable bonds is 62. The molecule has 6 aromatic rings. The number of benzene rings is 6. The Morgan fingerprint density at radius 3 is 0.794 bits per heavy atom. The summed E-state index contributed by atoms with van der Waals surface area (Å²) in [4.78, 5) is 78.7. The molecule has 0 heterocycles. The zero-order chi connectivity index (χ0) is 89.0. The molecule has 3 aliphatic rings. The third-order valence-electron chi connectivity index (χ3n) is 26.2. The molecule has 126 heavy (non-hydrogen) atoms. The lowest BCUT2D eigenvalue weighted by Crippen LogP contribution is -2.26. The van der Waals surface area contributed by atoms with Crippen LogP contribution in [-0.4, -0.2) is 68.5 Å². The van der Waals surface area contributed by atoms with Gasteiger partial charge >= 0.3 is 35.8 Å². The monoisotopic (exact) mass is 1730 g/mol. The summed E-state index contributed by atoms with van der Waals surface area (Å²) in [6, 6.07) is 46.3. The van der Waals surface area contributed by atoms with Gasteiger partial charge < -0.3 is 42.6 Å². The van der Waals surface area contributed by atoms with E-state index in [2.05, 4.69) is 76.9 Å². The van der Waals surface area contributed by atoms with Crippen LogP contribution in [0.4, 0.5) is 0 Å². The van der Waals surface area contributed by atoms with Gasteiger partial charge in [0.1, 0.15) is 34.5 Å². The molecule has 0 N–H and O–H groups in total. The van der Waals surface area contributed by atoms with E-state index in [0.29, 0.717) is 107 Å². The van der Waals surface area contributed by atoms with Crippen LogP contribution in [-0.2, 0) is 43.0 Å². The van der Waals surface area contributed by atoms with E-state index in [0.717, 1.165) is 151 Å². The van der Waals surface area contributed by atoms with E-state index in [1.165, 1.54) is 171 Å². The topological polar surface area (TPSA) is 185 Å². The first-order valence-corrected chi connectivity index (χ1v) is 49.4. The molecule has 0 unspecified atom stereocenters. The summed E-state index contributed by atoms with van der Waals surface area (Å²) >= 11 is 0. The molecule has 0 aromatic heterocycles. The Balaban J connectivity index is 0.604. The standard InChI is InChI=1S/C111H152O15/c1-7-10-28-37-87-43-49-93(50-44-87)96-61-73-102(74-62-96)122-109(115)84(4)90-55-67-99(68-56-90)118-80-34-25-19-13-16-22-31-40-105(112)121-83-79-108(125-106(113)41-32-23-17-14-20-26-35-81-119-100-69-57-91(58-70-100)85(5)110(116)123-103-75-63-97(64-76-103)94-51-45-88(46-52-94)38-29-11-8-2)126-107(114)42-33-24-18-15-21-27-36-82-120-101-71-59-92(60-72-101)86(6)111(117)124-104-77-65-98(66-78-104)95-53-47-89(48-54-95)39-30-12-9-3/h55-78,87-89,93-95,108H,4-54,79-83H2,1-3H3. The van der Waals surface area contributed by atoms with Crippen molar-refractivity contribution in [3.05, 3.63) is 199 Å². The van der Waals surface area contributed by atoms with E-state index in [4.69, 9.17) is 42.6 Å². The maximum atomic E-state index is 13.2. The van der Waals surface area contributed by atoms with E-state index in [9.17, 15) is 28.8 Å². The van der Waals surface area contributed by atoms with Crippen molar-refractivity contribution in [2.24, 2.45) is 17.8 Å². The van der Waals surface area contributed by atoms with E-state index in [1.54, 1.807) is 0 Å². The van der Waals surface area contributed by atoms with Crippen molar-refractivity contribution in [3.63, 3.8) is 0 Å². The van der Waals surface area contributed by atoms with Crippen LogP contribution in [0.15, 0.2) is 165 Å². The lowest BCUT2D eigenvalue weighted by molar-refractivity contribution is -0.191. The first kappa shape index (κ1) is 101. The van der Waals surface area contributed by atoms with Gasteiger partial charge in [-0.2, -0.15) is 0 Å². The summed E-state index contributed by atoms with van der Waals surface area (Å²) in [5, 5.41) is 0. The fourth-order valence-corrected chi connectivity index (χ4v) is 18.2. The fourth-order valence-electron chi connectivity index (χ4n) is 18.2. The van der Waals surface area contributed by atoms with Gasteiger partial charge in [-0.1, -0.05) is 287 Å². The number of esters is 6. The third kappa shape index (κ3) is 38.4. The SMILES string of the molecule is C=C(C(=O)Oc1ccc(C2CCC(CCCCC)CC2)cc1)c1ccc(OCCCCCCCCCC(=O)OCCC(OC(=O)CCCCCCCCCOc2ccc(C(=C)C(=O)Oc3ccc(C4CCC(CCCCC)CC4)cc3)cc2)OC(=O)CCCCCCCCCOc2ccc(C(=C)C(=O)Oc3ccc(C4CCC(CCCCC)CC4)cc3)cc2)cc1. The maximum Gasteiger partial charge on any atom is 0.343 e. The number of carbonyl (C=O) groups is 6. The molecule has 15 nitrogen and oxygen atoms in total. The highest BCUT2D eigenvalue weighted by Gasteiger charge is 2.28. The minimum atomic E-state index is -1.16. The van der Waals surface area contributed by atoms with Crippen molar-refractivity contribution >= 4 is 52.5 Å². The van der Waals surface area contributed by atoms with Crippen LogP contribution in [0.2, 0.25) is 0 Å². The Bertz CT molecular complexity index is 3940. The number of carbonyl (C=O) groups excluding carboxylic acids is 6. The summed E-state index contributed by atoms with van der Waals surface area (Å²) < 4.78 is 52.4. The second-order valence-electron chi connectivity index (χ2n) is 36.2. The highest BCUT2D eigenvalue weighted by atomic mass is 16.7. The molecular formula is C111H152O15. The van der Waals surface area contributed by atoms with E-state index >= 15 is 0 Å².